The molecule has 2 rings (SSSR count). The van der Waals surface area contributed by atoms with Crippen LogP contribution in [0.5, 0.6) is 0 Å². The molecule has 0 N–H and O–H groups in total. The van der Waals surface area contributed by atoms with Crippen molar-refractivity contribution in [1.82, 2.24) is 0 Å². The molecule has 1 saturated heterocycles. The summed E-state index contributed by atoms with van der Waals surface area (Å²) in [5.41, 5.74) is 0.139. The van der Waals surface area contributed by atoms with Crippen LogP contribution in [-0.2, 0) is 9.22 Å². The third kappa shape index (κ3) is 4.88. The molecular formula is C20H38O2SSi. The van der Waals surface area contributed by atoms with Gasteiger partial charge in [-0.2, -0.15) is 0 Å². The fourth-order valence-electron chi connectivity index (χ4n) is 4.33. The monoisotopic (exact) mass is 370 g/mol. The van der Waals surface area contributed by atoms with Crippen molar-refractivity contribution in [1.29, 1.82) is 0 Å². The van der Waals surface area contributed by atoms with E-state index in [4.69, 9.17) is 4.43 Å². The van der Waals surface area contributed by atoms with Crippen LogP contribution in [0.15, 0.2) is 0 Å². The zero-order valence-electron chi connectivity index (χ0n) is 16.9. The summed E-state index contributed by atoms with van der Waals surface area (Å²) in [6, 6.07) is 2.39. The number of hydrogen-bond donors (Lipinski definition) is 0. The van der Waals surface area contributed by atoms with E-state index in [1.54, 1.807) is 0 Å². The lowest BCUT2D eigenvalue weighted by molar-refractivity contribution is -0.111. The predicted molar refractivity (Wildman–Crippen MR) is 108 cm³/mol. The van der Waals surface area contributed by atoms with E-state index in [9.17, 15) is 4.79 Å². The Hall–Kier alpha value is 0.197. The Kier molecular flexibility index (Phi) is 6.69. The maximum Gasteiger partial charge on any atom is 0.204 e. The third-order valence-electron chi connectivity index (χ3n) is 6.10. The number of carbonyl (C=O) groups is 1. The van der Waals surface area contributed by atoms with E-state index in [1.165, 1.54) is 49.5 Å². The van der Waals surface area contributed by atoms with E-state index in [1.807, 2.05) is 0 Å². The first-order valence-corrected chi connectivity index (χ1v) is 13.2. The molecule has 4 heteroatoms. The van der Waals surface area contributed by atoms with Crippen LogP contribution in [0.4, 0.5) is 0 Å². The van der Waals surface area contributed by atoms with Crippen molar-refractivity contribution in [2.75, 3.05) is 0 Å². The molecular weight excluding hydrogens is 332 g/mol. The fraction of sp³-hybridized carbons (Fsp3) is 0.950. The number of rotatable bonds is 5. The van der Waals surface area contributed by atoms with Crippen molar-refractivity contribution < 1.29 is 9.22 Å². The molecule has 0 aromatic rings. The normalized spacial score (nSPS) is 31.6. The summed E-state index contributed by atoms with van der Waals surface area (Å²) in [6.07, 6.45) is 5.50. The van der Waals surface area contributed by atoms with Crippen LogP contribution in [0.1, 0.15) is 74.1 Å². The molecule has 0 aromatic carbocycles. The summed E-state index contributed by atoms with van der Waals surface area (Å²) in [5, 5.41) is 0.374. The number of hydrogen-bond acceptors (Lipinski definition) is 3. The molecule has 0 amide bonds. The maximum atomic E-state index is 12.8. The van der Waals surface area contributed by atoms with Crippen molar-refractivity contribution in [2.24, 2.45) is 17.8 Å². The molecule has 2 fully saturated rings. The first-order valence-electron chi connectivity index (χ1n) is 9.95. The summed E-state index contributed by atoms with van der Waals surface area (Å²) in [4.78, 5) is 12.8. The molecule has 1 aliphatic carbocycles. The molecule has 2 nitrogen and oxygen atoms in total. The van der Waals surface area contributed by atoms with Gasteiger partial charge in [-0.15, -0.1) is 0 Å². The van der Waals surface area contributed by atoms with Crippen LogP contribution in [-0.4, -0.2) is 24.3 Å². The van der Waals surface area contributed by atoms with Gasteiger partial charge in [-0.3, -0.25) is 4.79 Å². The molecule has 0 spiro atoms. The second-order valence-electron chi connectivity index (χ2n) is 9.66. The fourth-order valence-corrected chi connectivity index (χ4v) is 9.60. The Balaban J connectivity index is 2.09. The SMILES string of the molecule is CC(C)[C@@H]1CC[C@@H](C)C[C@H]1O[Si]1(C(C)C(=O)SC(C)(C)C)CCC1. The summed E-state index contributed by atoms with van der Waals surface area (Å²) in [6.45, 7) is 15.6. The second kappa shape index (κ2) is 7.83. The average molecular weight is 371 g/mol. The lowest BCUT2D eigenvalue weighted by Gasteiger charge is -2.49. The van der Waals surface area contributed by atoms with Gasteiger partial charge in [0.05, 0.1) is 0 Å². The molecule has 0 aromatic heterocycles. The predicted octanol–water partition coefficient (Wildman–Crippen LogP) is 6.26. The summed E-state index contributed by atoms with van der Waals surface area (Å²) in [5.74, 6) is 2.14. The van der Waals surface area contributed by atoms with Gasteiger partial charge in [-0.25, -0.2) is 0 Å². The molecule has 0 radical (unpaired) electrons. The topological polar surface area (TPSA) is 26.3 Å². The molecule has 1 saturated carbocycles. The molecule has 24 heavy (non-hydrogen) atoms. The molecule has 4 atom stereocenters. The Morgan fingerprint density at radius 3 is 2.25 bits per heavy atom. The third-order valence-corrected chi connectivity index (χ3v) is 12.5. The van der Waals surface area contributed by atoms with Crippen LogP contribution in [0, 0.1) is 17.8 Å². The largest absolute Gasteiger partial charge is 0.413 e. The minimum absolute atomic E-state index is 0.00447. The van der Waals surface area contributed by atoms with Gasteiger partial charge in [0.15, 0.2) is 5.12 Å². The van der Waals surface area contributed by atoms with Crippen molar-refractivity contribution in [2.45, 2.75) is 103 Å². The summed E-state index contributed by atoms with van der Waals surface area (Å²) >= 11 is 1.53. The van der Waals surface area contributed by atoms with Crippen LogP contribution < -0.4 is 0 Å². The smallest absolute Gasteiger partial charge is 0.204 e. The Labute approximate surface area is 155 Å². The number of carbonyl (C=O) groups excluding carboxylic acids is 1. The van der Waals surface area contributed by atoms with E-state index in [-0.39, 0.29) is 10.3 Å². The highest BCUT2D eigenvalue weighted by Crippen LogP contribution is 2.49. The Bertz CT molecular complexity index is 439. The molecule has 1 heterocycles. The second-order valence-corrected chi connectivity index (χ2v) is 15.7. The Morgan fingerprint density at radius 2 is 1.79 bits per heavy atom. The van der Waals surface area contributed by atoms with Gasteiger partial charge in [0.2, 0.25) is 8.32 Å². The molecule has 0 bridgehead atoms. The van der Waals surface area contributed by atoms with E-state index < -0.39 is 8.32 Å². The quantitative estimate of drug-likeness (QED) is 0.534. The highest BCUT2D eigenvalue weighted by atomic mass is 32.2. The minimum atomic E-state index is -1.88. The van der Waals surface area contributed by atoms with Crippen molar-refractivity contribution in [3.8, 4) is 0 Å². The summed E-state index contributed by atoms with van der Waals surface area (Å²) < 4.78 is 6.97. The molecule has 1 unspecified atom stereocenters. The highest BCUT2D eigenvalue weighted by Gasteiger charge is 2.52. The van der Waals surface area contributed by atoms with Gasteiger partial charge in [-0.1, -0.05) is 73.1 Å². The lowest BCUT2D eigenvalue weighted by Crippen LogP contribution is -2.55. The van der Waals surface area contributed by atoms with E-state index in [2.05, 4.69) is 48.5 Å². The van der Waals surface area contributed by atoms with Crippen LogP contribution in [0.3, 0.4) is 0 Å². The standard InChI is InChI=1S/C20H38O2SSi/c1-14(2)17-10-9-15(3)13-18(17)22-24(11-8-12-24)16(4)19(21)23-20(5,6)7/h14-18H,8-13H2,1-7H3/t15-,16?,17+,18-/m1/s1. The van der Waals surface area contributed by atoms with Gasteiger partial charge in [-0.05, 0) is 42.7 Å². The van der Waals surface area contributed by atoms with Crippen LogP contribution >= 0.6 is 11.8 Å². The lowest BCUT2D eigenvalue weighted by atomic mass is 9.75. The van der Waals surface area contributed by atoms with Crippen molar-refractivity contribution >= 4 is 25.2 Å². The van der Waals surface area contributed by atoms with Crippen LogP contribution in [0.2, 0.25) is 17.6 Å². The van der Waals surface area contributed by atoms with Gasteiger partial charge < -0.3 is 4.43 Å². The molecule has 2 aliphatic rings. The minimum Gasteiger partial charge on any atom is -0.413 e. The Morgan fingerprint density at radius 1 is 1.17 bits per heavy atom. The van der Waals surface area contributed by atoms with E-state index in [0.29, 0.717) is 23.1 Å². The first kappa shape index (κ1) is 20.5. The maximum absolute atomic E-state index is 12.8. The van der Waals surface area contributed by atoms with Gasteiger partial charge in [0.1, 0.15) is 0 Å². The van der Waals surface area contributed by atoms with E-state index in [0.717, 1.165) is 5.92 Å². The van der Waals surface area contributed by atoms with Gasteiger partial charge in [0, 0.05) is 16.4 Å². The highest BCUT2D eigenvalue weighted by molar-refractivity contribution is 8.15. The van der Waals surface area contributed by atoms with E-state index >= 15 is 0 Å². The van der Waals surface area contributed by atoms with Gasteiger partial charge in [0.25, 0.3) is 0 Å². The molecule has 1 aliphatic heterocycles. The van der Waals surface area contributed by atoms with Crippen molar-refractivity contribution in [3.63, 3.8) is 0 Å². The first-order chi connectivity index (χ1) is 11.0. The zero-order chi connectivity index (χ0) is 18.1. The zero-order valence-corrected chi connectivity index (χ0v) is 18.7. The number of thioether (sulfide) groups is 1. The molecule has 140 valence electrons. The van der Waals surface area contributed by atoms with Gasteiger partial charge >= 0.3 is 0 Å². The van der Waals surface area contributed by atoms with Crippen LogP contribution in [0.25, 0.3) is 0 Å². The van der Waals surface area contributed by atoms with Crippen molar-refractivity contribution in [3.05, 3.63) is 0 Å². The summed E-state index contributed by atoms with van der Waals surface area (Å²) in [7, 11) is -1.88. The average Bonchev–Trinajstić information content (AvgIpc) is 2.39.